The summed E-state index contributed by atoms with van der Waals surface area (Å²) in [7, 11) is -0.649. The lowest BCUT2D eigenvalue weighted by Crippen LogP contribution is -2.48. The van der Waals surface area contributed by atoms with Crippen LogP contribution in [0.2, 0.25) is 10.0 Å². The molecule has 0 saturated heterocycles. The van der Waals surface area contributed by atoms with Gasteiger partial charge in [-0.1, -0.05) is 41.4 Å². The summed E-state index contributed by atoms with van der Waals surface area (Å²) < 4.78 is 31.2. The number of para-hydroxylation sites is 1. The van der Waals surface area contributed by atoms with Crippen molar-refractivity contribution in [3.63, 3.8) is 0 Å². The molecule has 1 atom stereocenters. The molecule has 0 saturated carbocycles. The number of benzene rings is 2. The molecule has 0 radical (unpaired) electrons. The highest BCUT2D eigenvalue weighted by atomic mass is 35.5. The molecule has 28 heavy (non-hydrogen) atoms. The molecule has 0 aliphatic carbocycles. The number of halogens is 2. The van der Waals surface area contributed by atoms with Crippen molar-refractivity contribution < 1.29 is 17.9 Å². The summed E-state index contributed by atoms with van der Waals surface area (Å²) in [5.41, 5.74) is 0.961. The Bertz CT molecular complexity index is 966. The number of hydrogen-bond donors (Lipinski definition) is 0. The second-order valence-electron chi connectivity index (χ2n) is 6.34. The molecule has 2 aromatic carbocycles. The topological polar surface area (TPSA) is 66.9 Å². The van der Waals surface area contributed by atoms with Crippen LogP contribution < -0.4 is 9.04 Å². The third-order valence-corrected chi connectivity index (χ3v) is 5.97. The molecule has 0 aliphatic rings. The highest BCUT2D eigenvalue weighted by Gasteiger charge is 2.32. The van der Waals surface area contributed by atoms with E-state index in [4.69, 9.17) is 27.9 Å². The van der Waals surface area contributed by atoms with Crippen LogP contribution in [0.3, 0.4) is 0 Å². The summed E-state index contributed by atoms with van der Waals surface area (Å²) in [6.45, 7) is 1.77. The predicted octanol–water partition coefficient (Wildman–Crippen LogP) is 3.82. The van der Waals surface area contributed by atoms with Crippen molar-refractivity contribution >= 4 is 44.8 Å². The van der Waals surface area contributed by atoms with Gasteiger partial charge < -0.3 is 9.64 Å². The van der Waals surface area contributed by atoms with Crippen LogP contribution in [0, 0.1) is 0 Å². The quantitative estimate of drug-likeness (QED) is 0.650. The maximum atomic E-state index is 13.0. The van der Waals surface area contributed by atoms with E-state index in [0.717, 1.165) is 16.1 Å². The second-order valence-corrected chi connectivity index (χ2v) is 9.04. The molecule has 9 heteroatoms. The summed E-state index contributed by atoms with van der Waals surface area (Å²) in [5.74, 6) is 0.250. The Balaban J connectivity index is 2.35. The minimum Gasteiger partial charge on any atom is -0.496 e. The Kier molecular flexibility index (Phi) is 7.20. The van der Waals surface area contributed by atoms with E-state index in [-0.39, 0.29) is 17.3 Å². The maximum Gasteiger partial charge on any atom is 0.246 e. The fourth-order valence-corrected chi connectivity index (χ4v) is 4.51. The predicted molar refractivity (Wildman–Crippen MR) is 113 cm³/mol. The number of anilines is 1. The van der Waals surface area contributed by atoms with E-state index in [1.807, 2.05) is 18.2 Å². The van der Waals surface area contributed by atoms with Crippen LogP contribution in [0.1, 0.15) is 12.5 Å². The molecule has 1 amide bonds. The summed E-state index contributed by atoms with van der Waals surface area (Å²) in [4.78, 5) is 14.5. The number of carbonyl (C=O) groups is 1. The molecule has 0 fully saturated rings. The van der Waals surface area contributed by atoms with E-state index >= 15 is 0 Å². The number of nitrogens with zero attached hydrogens (tertiary/aromatic N) is 2. The summed E-state index contributed by atoms with van der Waals surface area (Å²) in [6, 6.07) is 10.8. The zero-order valence-corrected chi connectivity index (χ0v) is 18.3. The number of hydrogen-bond acceptors (Lipinski definition) is 4. The van der Waals surface area contributed by atoms with Gasteiger partial charge in [-0.25, -0.2) is 8.42 Å². The Morgan fingerprint density at radius 1 is 1.18 bits per heavy atom. The van der Waals surface area contributed by atoms with E-state index in [2.05, 4.69) is 0 Å². The smallest absolute Gasteiger partial charge is 0.246 e. The molecule has 2 rings (SSSR count). The highest BCUT2D eigenvalue weighted by molar-refractivity contribution is 7.92. The minimum absolute atomic E-state index is 0.156. The zero-order chi connectivity index (χ0) is 21.1. The van der Waals surface area contributed by atoms with Crippen LogP contribution in [0.25, 0.3) is 0 Å². The van der Waals surface area contributed by atoms with Crippen LogP contribution in [-0.4, -0.2) is 45.7 Å². The van der Waals surface area contributed by atoms with Gasteiger partial charge in [-0.15, -0.1) is 0 Å². The van der Waals surface area contributed by atoms with Gasteiger partial charge >= 0.3 is 0 Å². The number of amides is 1. The van der Waals surface area contributed by atoms with E-state index in [1.54, 1.807) is 26.3 Å². The Morgan fingerprint density at radius 3 is 2.43 bits per heavy atom. The minimum atomic E-state index is -3.80. The maximum absolute atomic E-state index is 13.0. The van der Waals surface area contributed by atoms with Crippen molar-refractivity contribution in [2.24, 2.45) is 0 Å². The third kappa shape index (κ3) is 5.10. The molecule has 0 unspecified atom stereocenters. The van der Waals surface area contributed by atoms with Crippen LogP contribution in [0.5, 0.6) is 5.75 Å². The van der Waals surface area contributed by atoms with Gasteiger partial charge in [0.15, 0.2) is 0 Å². The van der Waals surface area contributed by atoms with Crippen LogP contribution >= 0.6 is 23.2 Å². The summed E-state index contributed by atoms with van der Waals surface area (Å²) in [5, 5.41) is 0.497. The average Bonchev–Trinajstić information content (AvgIpc) is 2.63. The SMILES string of the molecule is COc1ccccc1CN(C)C(=O)[C@@H](C)N(c1cc(Cl)ccc1Cl)S(C)(=O)=O. The first-order chi connectivity index (χ1) is 13.1. The molecular formula is C19H22Cl2N2O4S. The lowest BCUT2D eigenvalue weighted by Gasteiger charge is -2.32. The van der Waals surface area contributed by atoms with Crippen LogP contribution in [0.15, 0.2) is 42.5 Å². The summed E-state index contributed by atoms with van der Waals surface area (Å²) in [6.07, 6.45) is 1.02. The van der Waals surface area contributed by atoms with E-state index in [1.165, 1.54) is 24.0 Å². The van der Waals surface area contributed by atoms with Gasteiger partial charge in [-0.05, 0) is 31.2 Å². The molecule has 2 aromatic rings. The Hall–Kier alpha value is -1.96. The van der Waals surface area contributed by atoms with Gasteiger partial charge in [0.25, 0.3) is 0 Å². The number of ether oxygens (including phenoxy) is 1. The number of sulfonamides is 1. The van der Waals surface area contributed by atoms with Crippen LogP contribution in [0.4, 0.5) is 5.69 Å². The van der Waals surface area contributed by atoms with Crippen molar-refractivity contribution in [3.05, 3.63) is 58.1 Å². The number of likely N-dealkylation sites (N-methyl/N-ethyl adjacent to an activating group) is 1. The van der Waals surface area contributed by atoms with Gasteiger partial charge in [0.05, 0.1) is 24.1 Å². The van der Waals surface area contributed by atoms with Crippen molar-refractivity contribution in [2.75, 3.05) is 24.7 Å². The van der Waals surface area contributed by atoms with Gasteiger partial charge in [0.1, 0.15) is 11.8 Å². The first-order valence-corrected chi connectivity index (χ1v) is 11.0. The van der Waals surface area contributed by atoms with Gasteiger partial charge in [-0.2, -0.15) is 0 Å². The Labute approximate surface area is 175 Å². The number of rotatable bonds is 7. The molecule has 0 heterocycles. The lowest BCUT2D eigenvalue weighted by atomic mass is 10.1. The number of carbonyl (C=O) groups excluding carboxylic acids is 1. The van der Waals surface area contributed by atoms with E-state index < -0.39 is 22.0 Å². The molecule has 0 N–H and O–H groups in total. The largest absolute Gasteiger partial charge is 0.496 e. The summed E-state index contributed by atoms with van der Waals surface area (Å²) >= 11 is 12.2. The van der Waals surface area contributed by atoms with Crippen LogP contribution in [-0.2, 0) is 21.4 Å². The van der Waals surface area contributed by atoms with Crippen molar-refractivity contribution in [3.8, 4) is 5.75 Å². The molecule has 0 aromatic heterocycles. The van der Waals surface area contributed by atoms with Gasteiger partial charge in [0.2, 0.25) is 15.9 Å². The average molecular weight is 445 g/mol. The fraction of sp³-hybridized carbons (Fsp3) is 0.316. The van der Waals surface area contributed by atoms with E-state index in [0.29, 0.717) is 10.8 Å². The van der Waals surface area contributed by atoms with E-state index in [9.17, 15) is 13.2 Å². The fourth-order valence-electron chi connectivity index (χ4n) is 2.92. The normalized spacial score (nSPS) is 12.4. The Morgan fingerprint density at radius 2 is 1.82 bits per heavy atom. The molecule has 0 bridgehead atoms. The van der Waals surface area contributed by atoms with Gasteiger partial charge in [-0.3, -0.25) is 9.10 Å². The molecule has 0 aliphatic heterocycles. The standard InChI is InChI=1S/C19H22Cl2N2O4S/c1-13(19(24)22(2)12-14-7-5-6-8-18(14)27-3)23(28(4,25)26)17-11-15(20)9-10-16(17)21/h5-11,13H,12H2,1-4H3/t13-/m1/s1. The third-order valence-electron chi connectivity index (χ3n) is 4.19. The highest BCUT2D eigenvalue weighted by Crippen LogP contribution is 2.32. The molecular weight excluding hydrogens is 423 g/mol. The molecule has 0 spiro atoms. The molecule has 6 nitrogen and oxygen atoms in total. The number of methoxy groups -OCH3 is 1. The molecule has 152 valence electrons. The van der Waals surface area contributed by atoms with Crippen molar-refractivity contribution in [1.82, 2.24) is 4.90 Å². The van der Waals surface area contributed by atoms with Crippen molar-refractivity contribution in [1.29, 1.82) is 0 Å². The van der Waals surface area contributed by atoms with Crippen molar-refractivity contribution in [2.45, 2.75) is 19.5 Å². The van der Waals surface area contributed by atoms with Gasteiger partial charge in [0, 0.05) is 24.2 Å². The zero-order valence-electron chi connectivity index (χ0n) is 16.0. The second kappa shape index (κ2) is 9.03. The first kappa shape index (κ1) is 22.3. The monoisotopic (exact) mass is 444 g/mol. The first-order valence-electron chi connectivity index (χ1n) is 8.37. The lowest BCUT2D eigenvalue weighted by molar-refractivity contribution is -0.131.